The lowest BCUT2D eigenvalue weighted by molar-refractivity contribution is 0.103. The fraction of sp³-hybridized carbons (Fsp3) is 0.0667. The van der Waals surface area contributed by atoms with Crippen LogP contribution in [0.5, 0.6) is 0 Å². The number of aromatic amines is 1. The number of aliphatic hydroxyl groups excluding tert-OH is 1. The van der Waals surface area contributed by atoms with Gasteiger partial charge in [0.05, 0.1) is 0 Å². The smallest absolute Gasteiger partial charge is 0.244 e. The molecule has 2 N–H and O–H groups in total. The molecule has 0 aliphatic carbocycles. The van der Waals surface area contributed by atoms with Gasteiger partial charge in [0.15, 0.2) is 0 Å². The molecule has 0 saturated heterocycles. The Morgan fingerprint density at radius 1 is 1.30 bits per heavy atom. The number of carbonyl (C=O) groups excluding carboxylic acids is 1. The van der Waals surface area contributed by atoms with Gasteiger partial charge < -0.3 is 9.67 Å². The van der Waals surface area contributed by atoms with Gasteiger partial charge in [0.2, 0.25) is 11.6 Å². The SMILES string of the molecule is O=C(/C=C(\O)c1ccn(Cc2ccc(F)cc2)c1)c1nn[nH]n1. The standard InChI is InChI=1S/C15H12FN5O2/c16-12-3-1-10(2-4-12)8-21-6-5-11(9-21)13(22)7-14(23)15-17-19-20-18-15/h1-7,9,22H,8H2,(H,17,18,19,20)/b13-7-. The van der Waals surface area contributed by atoms with Crippen LogP contribution in [0.3, 0.4) is 0 Å². The maximum atomic E-state index is 12.9. The number of aromatic nitrogens is 5. The molecule has 2 heterocycles. The first-order valence-electron chi connectivity index (χ1n) is 6.71. The van der Waals surface area contributed by atoms with E-state index < -0.39 is 5.78 Å². The normalized spacial score (nSPS) is 11.6. The highest BCUT2D eigenvalue weighted by Gasteiger charge is 2.11. The van der Waals surface area contributed by atoms with Gasteiger partial charge in [-0.3, -0.25) is 4.79 Å². The summed E-state index contributed by atoms with van der Waals surface area (Å²) in [6, 6.07) is 7.81. The first-order chi connectivity index (χ1) is 11.1. The molecule has 0 radical (unpaired) electrons. The van der Waals surface area contributed by atoms with Gasteiger partial charge in [0.25, 0.3) is 0 Å². The number of hydrogen-bond acceptors (Lipinski definition) is 5. The quantitative estimate of drug-likeness (QED) is 0.426. The molecular formula is C15H12FN5O2. The van der Waals surface area contributed by atoms with Crippen LogP contribution < -0.4 is 0 Å². The molecule has 2 aromatic heterocycles. The second-order valence-electron chi connectivity index (χ2n) is 4.83. The Morgan fingerprint density at radius 2 is 2.09 bits per heavy atom. The minimum atomic E-state index is -0.553. The van der Waals surface area contributed by atoms with E-state index in [1.807, 2.05) is 4.57 Å². The van der Waals surface area contributed by atoms with Crippen LogP contribution in [0.25, 0.3) is 5.76 Å². The van der Waals surface area contributed by atoms with Crippen LogP contribution in [-0.4, -0.2) is 36.1 Å². The second kappa shape index (κ2) is 6.22. The first kappa shape index (κ1) is 14.6. The maximum Gasteiger partial charge on any atom is 0.244 e. The molecule has 8 heteroatoms. The van der Waals surface area contributed by atoms with Crippen LogP contribution in [0.15, 0.2) is 48.8 Å². The number of halogens is 1. The summed E-state index contributed by atoms with van der Waals surface area (Å²) in [5, 5.41) is 22.5. The number of nitrogens with one attached hydrogen (secondary N) is 1. The van der Waals surface area contributed by atoms with Crippen molar-refractivity contribution in [2.75, 3.05) is 0 Å². The highest BCUT2D eigenvalue weighted by Crippen LogP contribution is 2.14. The van der Waals surface area contributed by atoms with E-state index in [9.17, 15) is 14.3 Å². The van der Waals surface area contributed by atoms with Gasteiger partial charge in [-0.15, -0.1) is 10.2 Å². The van der Waals surface area contributed by atoms with Crippen molar-refractivity contribution in [1.29, 1.82) is 0 Å². The van der Waals surface area contributed by atoms with E-state index in [-0.39, 0.29) is 17.4 Å². The molecule has 0 atom stereocenters. The van der Waals surface area contributed by atoms with Gasteiger partial charge in [0, 0.05) is 30.6 Å². The molecule has 0 bridgehead atoms. The summed E-state index contributed by atoms with van der Waals surface area (Å²) in [6.07, 6.45) is 4.46. The highest BCUT2D eigenvalue weighted by atomic mass is 19.1. The average Bonchev–Trinajstić information content (AvgIpc) is 3.21. The number of ketones is 1. The van der Waals surface area contributed by atoms with E-state index in [1.165, 1.54) is 12.1 Å². The fourth-order valence-electron chi connectivity index (χ4n) is 2.03. The number of allylic oxidation sites excluding steroid dienone is 1. The van der Waals surface area contributed by atoms with Crippen molar-refractivity contribution in [3.8, 4) is 0 Å². The first-order valence-corrected chi connectivity index (χ1v) is 6.71. The minimum Gasteiger partial charge on any atom is -0.507 e. The van der Waals surface area contributed by atoms with Gasteiger partial charge in [-0.2, -0.15) is 5.21 Å². The largest absolute Gasteiger partial charge is 0.507 e. The zero-order chi connectivity index (χ0) is 16.2. The Balaban J connectivity index is 1.73. The topological polar surface area (TPSA) is 96.7 Å². The molecule has 0 unspecified atom stereocenters. The number of tetrazole rings is 1. The van der Waals surface area contributed by atoms with E-state index in [4.69, 9.17) is 0 Å². The molecule has 7 nitrogen and oxygen atoms in total. The lowest BCUT2D eigenvalue weighted by Gasteiger charge is -2.03. The van der Waals surface area contributed by atoms with E-state index in [1.54, 1.807) is 30.6 Å². The number of aliphatic hydroxyl groups is 1. The number of H-pyrrole nitrogens is 1. The number of carbonyl (C=O) groups is 1. The van der Waals surface area contributed by atoms with Gasteiger partial charge >= 0.3 is 0 Å². The average molecular weight is 313 g/mol. The Labute approximate surface area is 130 Å². The molecule has 0 amide bonds. The molecule has 116 valence electrons. The van der Waals surface area contributed by atoms with Crippen molar-refractivity contribution >= 4 is 11.5 Å². The summed E-state index contributed by atoms with van der Waals surface area (Å²) >= 11 is 0. The van der Waals surface area contributed by atoms with Crippen molar-refractivity contribution in [2.24, 2.45) is 0 Å². The van der Waals surface area contributed by atoms with Gasteiger partial charge in [-0.05, 0) is 29.0 Å². The molecule has 0 spiro atoms. The third-order valence-corrected chi connectivity index (χ3v) is 3.16. The lowest BCUT2D eigenvalue weighted by atomic mass is 10.2. The lowest BCUT2D eigenvalue weighted by Crippen LogP contribution is -1.99. The van der Waals surface area contributed by atoms with Crippen LogP contribution in [0, 0.1) is 5.82 Å². The summed E-state index contributed by atoms with van der Waals surface area (Å²) in [5.41, 5.74) is 1.39. The van der Waals surface area contributed by atoms with E-state index in [0.717, 1.165) is 11.6 Å². The Morgan fingerprint density at radius 3 is 2.78 bits per heavy atom. The van der Waals surface area contributed by atoms with E-state index >= 15 is 0 Å². The number of benzene rings is 1. The predicted molar refractivity (Wildman–Crippen MR) is 79.0 cm³/mol. The summed E-state index contributed by atoms with van der Waals surface area (Å²) < 4.78 is 14.7. The minimum absolute atomic E-state index is 0.123. The van der Waals surface area contributed by atoms with Crippen LogP contribution in [0.2, 0.25) is 0 Å². The van der Waals surface area contributed by atoms with E-state index in [2.05, 4.69) is 20.6 Å². The van der Waals surface area contributed by atoms with Crippen LogP contribution in [0.1, 0.15) is 21.7 Å². The van der Waals surface area contributed by atoms with Gasteiger partial charge in [-0.25, -0.2) is 4.39 Å². The molecular weight excluding hydrogens is 301 g/mol. The molecule has 0 aliphatic rings. The zero-order valence-corrected chi connectivity index (χ0v) is 11.8. The van der Waals surface area contributed by atoms with Crippen molar-refractivity contribution in [1.82, 2.24) is 25.2 Å². The number of nitrogens with zero attached hydrogens (tertiary/aromatic N) is 4. The monoisotopic (exact) mass is 313 g/mol. The molecule has 23 heavy (non-hydrogen) atoms. The summed E-state index contributed by atoms with van der Waals surface area (Å²) in [4.78, 5) is 11.8. The summed E-state index contributed by atoms with van der Waals surface area (Å²) in [6.45, 7) is 0.520. The summed E-state index contributed by atoms with van der Waals surface area (Å²) in [7, 11) is 0. The molecule has 0 aliphatic heterocycles. The number of rotatable bonds is 5. The molecule has 0 fully saturated rings. The summed E-state index contributed by atoms with van der Waals surface area (Å²) in [5.74, 6) is -1.16. The van der Waals surface area contributed by atoms with Crippen molar-refractivity contribution in [2.45, 2.75) is 6.54 Å². The third kappa shape index (κ3) is 3.49. The van der Waals surface area contributed by atoms with Crippen LogP contribution >= 0.6 is 0 Å². The van der Waals surface area contributed by atoms with Crippen LogP contribution in [-0.2, 0) is 6.54 Å². The molecule has 3 rings (SSSR count). The Kier molecular flexibility index (Phi) is 3.96. The van der Waals surface area contributed by atoms with E-state index in [0.29, 0.717) is 12.1 Å². The highest BCUT2D eigenvalue weighted by molar-refractivity contribution is 6.05. The van der Waals surface area contributed by atoms with Crippen LogP contribution in [0.4, 0.5) is 4.39 Å². The van der Waals surface area contributed by atoms with Crippen molar-refractivity contribution < 1.29 is 14.3 Å². The second-order valence-corrected chi connectivity index (χ2v) is 4.83. The molecule has 0 saturated carbocycles. The van der Waals surface area contributed by atoms with Crippen molar-refractivity contribution in [3.05, 3.63) is 71.6 Å². The molecule has 1 aromatic carbocycles. The third-order valence-electron chi connectivity index (χ3n) is 3.16. The van der Waals surface area contributed by atoms with Gasteiger partial charge in [-0.1, -0.05) is 12.1 Å². The molecule has 3 aromatic rings. The maximum absolute atomic E-state index is 12.9. The predicted octanol–water partition coefficient (Wildman–Crippen LogP) is 1.97. The Hall–Kier alpha value is -3.29. The van der Waals surface area contributed by atoms with Crippen molar-refractivity contribution in [3.63, 3.8) is 0 Å². The fourth-order valence-corrected chi connectivity index (χ4v) is 2.03. The Bertz CT molecular complexity index is 837. The zero-order valence-electron chi connectivity index (χ0n) is 11.8. The number of hydrogen-bond donors (Lipinski definition) is 2. The van der Waals surface area contributed by atoms with Gasteiger partial charge in [0.1, 0.15) is 11.6 Å².